The van der Waals surface area contributed by atoms with Gasteiger partial charge < -0.3 is 0 Å². The van der Waals surface area contributed by atoms with E-state index in [4.69, 9.17) is 11.6 Å². The van der Waals surface area contributed by atoms with Crippen molar-refractivity contribution in [2.45, 2.75) is 6.42 Å². The minimum atomic E-state index is -0.175. The fourth-order valence-electron chi connectivity index (χ4n) is 1.94. The molecule has 1 aromatic carbocycles. The van der Waals surface area contributed by atoms with E-state index in [1.165, 1.54) is 17.4 Å². The molecule has 23 heavy (non-hydrogen) atoms. The molecule has 0 unspecified atom stereocenters. The first-order chi connectivity index (χ1) is 11.2. The second kappa shape index (κ2) is 7.55. The molecule has 0 spiro atoms. The lowest BCUT2D eigenvalue weighted by Crippen LogP contribution is -2.06. The van der Waals surface area contributed by atoms with Gasteiger partial charge >= 0.3 is 0 Å². The first kappa shape index (κ1) is 15.9. The Balaban J connectivity index is 1.58. The van der Waals surface area contributed by atoms with Gasteiger partial charge in [0.1, 0.15) is 0 Å². The van der Waals surface area contributed by atoms with E-state index in [2.05, 4.69) is 10.3 Å². The lowest BCUT2D eigenvalue weighted by atomic mass is 10.1. The Morgan fingerprint density at radius 2 is 2.09 bits per heavy atom. The maximum absolute atomic E-state index is 11.9. The zero-order valence-corrected chi connectivity index (χ0v) is 14.4. The number of nitrogens with zero attached hydrogens (tertiary/aromatic N) is 1. The molecule has 3 nitrogen and oxygen atoms in total. The predicted octanol–water partition coefficient (Wildman–Crippen LogP) is 5.10. The van der Waals surface area contributed by atoms with Crippen molar-refractivity contribution in [3.63, 3.8) is 0 Å². The summed E-state index contributed by atoms with van der Waals surface area (Å²) in [6.07, 6.45) is 5.88. The first-order valence-corrected chi connectivity index (χ1v) is 8.98. The second-order valence-corrected chi connectivity index (χ2v) is 7.30. The first-order valence-electron chi connectivity index (χ1n) is 6.91. The summed E-state index contributed by atoms with van der Waals surface area (Å²) in [6, 6.07) is 11.6. The molecular formula is C17H13ClN2OS2. The Kier molecular flexibility index (Phi) is 5.23. The second-order valence-electron chi connectivity index (χ2n) is 4.77. The summed E-state index contributed by atoms with van der Waals surface area (Å²) >= 11 is 8.94. The van der Waals surface area contributed by atoms with Crippen LogP contribution in [0.3, 0.4) is 0 Å². The number of amides is 1. The van der Waals surface area contributed by atoms with Gasteiger partial charge in [-0.05, 0) is 35.2 Å². The van der Waals surface area contributed by atoms with Gasteiger partial charge in [0.05, 0.1) is 0 Å². The Morgan fingerprint density at radius 1 is 1.26 bits per heavy atom. The fourth-order valence-corrected chi connectivity index (χ4v) is 3.54. The zero-order valence-electron chi connectivity index (χ0n) is 12.0. The number of thiazole rings is 1. The molecule has 2 aromatic heterocycles. The van der Waals surface area contributed by atoms with Crippen LogP contribution in [0.2, 0.25) is 5.02 Å². The van der Waals surface area contributed by atoms with Gasteiger partial charge in [0.2, 0.25) is 5.91 Å². The van der Waals surface area contributed by atoms with Crippen molar-refractivity contribution in [1.82, 2.24) is 4.98 Å². The highest BCUT2D eigenvalue weighted by Gasteiger charge is 2.05. The largest absolute Gasteiger partial charge is 0.298 e. The van der Waals surface area contributed by atoms with Gasteiger partial charge in [0, 0.05) is 33.5 Å². The minimum absolute atomic E-state index is 0.175. The molecule has 0 saturated carbocycles. The number of nitrogens with one attached hydrogen (secondary N) is 1. The number of aromatic nitrogens is 1. The lowest BCUT2D eigenvalue weighted by molar-refractivity contribution is -0.111. The van der Waals surface area contributed by atoms with Gasteiger partial charge in [-0.15, -0.1) is 22.7 Å². The highest BCUT2D eigenvalue weighted by atomic mass is 35.5. The van der Waals surface area contributed by atoms with Gasteiger partial charge in [0.15, 0.2) is 5.13 Å². The molecule has 2 heterocycles. The summed E-state index contributed by atoms with van der Waals surface area (Å²) < 4.78 is 0. The molecule has 0 fully saturated rings. The van der Waals surface area contributed by atoms with Crippen molar-refractivity contribution in [3.05, 3.63) is 74.4 Å². The summed E-state index contributed by atoms with van der Waals surface area (Å²) in [5.41, 5.74) is 1.16. The molecule has 1 N–H and O–H groups in total. The molecule has 0 saturated heterocycles. The van der Waals surface area contributed by atoms with Crippen LogP contribution < -0.4 is 5.32 Å². The van der Waals surface area contributed by atoms with Crippen LogP contribution in [0.5, 0.6) is 0 Å². The average molecular weight is 361 g/mol. The standard InChI is InChI=1S/C17H13ClN2OS2/c18-13-5-3-12(4-6-13)10-15-11-19-17(23-15)20-16(21)8-7-14-2-1-9-22-14/h1-9,11H,10H2,(H,19,20,21)/b8-7-. The van der Waals surface area contributed by atoms with Gasteiger partial charge in [-0.2, -0.15) is 0 Å². The van der Waals surface area contributed by atoms with E-state index in [9.17, 15) is 4.79 Å². The molecule has 0 aliphatic carbocycles. The van der Waals surface area contributed by atoms with Crippen LogP contribution in [0, 0.1) is 0 Å². The van der Waals surface area contributed by atoms with E-state index in [1.54, 1.807) is 23.6 Å². The van der Waals surface area contributed by atoms with Crippen LogP contribution in [0.4, 0.5) is 5.13 Å². The number of carbonyl (C=O) groups is 1. The van der Waals surface area contributed by atoms with Crippen molar-refractivity contribution >= 4 is 51.4 Å². The van der Waals surface area contributed by atoms with Gasteiger partial charge in [-0.25, -0.2) is 4.98 Å². The summed E-state index contributed by atoms with van der Waals surface area (Å²) in [6.45, 7) is 0. The number of hydrogen-bond donors (Lipinski definition) is 1. The van der Waals surface area contributed by atoms with Crippen LogP contribution in [-0.2, 0) is 11.2 Å². The Labute approximate surface area is 147 Å². The Hall–Kier alpha value is -1.95. The molecule has 116 valence electrons. The molecule has 0 aliphatic heterocycles. The van der Waals surface area contributed by atoms with E-state index in [0.29, 0.717) is 5.13 Å². The summed E-state index contributed by atoms with van der Waals surface area (Å²) in [7, 11) is 0. The molecule has 3 rings (SSSR count). The number of anilines is 1. The lowest BCUT2D eigenvalue weighted by Gasteiger charge is -1.98. The maximum atomic E-state index is 11.9. The fraction of sp³-hybridized carbons (Fsp3) is 0.0588. The van der Waals surface area contributed by atoms with Gasteiger partial charge in [0.25, 0.3) is 0 Å². The van der Waals surface area contributed by atoms with E-state index in [0.717, 1.165) is 26.8 Å². The molecule has 0 radical (unpaired) electrons. The maximum Gasteiger partial charge on any atom is 0.250 e. The van der Waals surface area contributed by atoms with Crippen molar-refractivity contribution in [3.8, 4) is 0 Å². The van der Waals surface area contributed by atoms with Gasteiger partial charge in [-0.1, -0.05) is 29.8 Å². The van der Waals surface area contributed by atoms with Crippen LogP contribution >= 0.6 is 34.3 Å². The quantitative estimate of drug-likeness (QED) is 0.643. The summed E-state index contributed by atoms with van der Waals surface area (Å²) in [4.78, 5) is 18.2. The third-order valence-electron chi connectivity index (χ3n) is 3.02. The molecule has 0 bridgehead atoms. The van der Waals surface area contributed by atoms with E-state index in [1.807, 2.05) is 41.8 Å². The highest BCUT2D eigenvalue weighted by molar-refractivity contribution is 7.15. The van der Waals surface area contributed by atoms with Crippen molar-refractivity contribution in [1.29, 1.82) is 0 Å². The van der Waals surface area contributed by atoms with Crippen molar-refractivity contribution in [2.75, 3.05) is 5.32 Å². The molecule has 0 aliphatic rings. The monoisotopic (exact) mass is 360 g/mol. The average Bonchev–Trinajstić information content (AvgIpc) is 3.20. The molecule has 3 aromatic rings. The number of rotatable bonds is 5. The number of thiophene rings is 1. The minimum Gasteiger partial charge on any atom is -0.298 e. The SMILES string of the molecule is O=C(/C=C\c1cccs1)Nc1ncc(Cc2ccc(Cl)cc2)s1. The number of hydrogen-bond acceptors (Lipinski definition) is 4. The molecule has 0 atom stereocenters. The van der Waals surface area contributed by atoms with Crippen LogP contribution in [0.1, 0.15) is 15.3 Å². The number of benzene rings is 1. The van der Waals surface area contributed by atoms with Crippen molar-refractivity contribution in [2.24, 2.45) is 0 Å². The van der Waals surface area contributed by atoms with E-state index >= 15 is 0 Å². The van der Waals surface area contributed by atoms with E-state index < -0.39 is 0 Å². The Morgan fingerprint density at radius 3 is 2.83 bits per heavy atom. The third-order valence-corrected chi connectivity index (χ3v) is 5.02. The van der Waals surface area contributed by atoms with Gasteiger partial charge in [-0.3, -0.25) is 10.1 Å². The van der Waals surface area contributed by atoms with Crippen LogP contribution in [0.15, 0.2) is 54.1 Å². The van der Waals surface area contributed by atoms with Crippen LogP contribution in [-0.4, -0.2) is 10.9 Å². The number of halogens is 1. The molecular weight excluding hydrogens is 348 g/mol. The van der Waals surface area contributed by atoms with E-state index in [-0.39, 0.29) is 5.91 Å². The molecule has 6 heteroatoms. The summed E-state index contributed by atoms with van der Waals surface area (Å²) in [5, 5.41) is 6.09. The zero-order chi connectivity index (χ0) is 16.1. The Bertz CT molecular complexity index is 808. The predicted molar refractivity (Wildman–Crippen MR) is 98.4 cm³/mol. The smallest absolute Gasteiger partial charge is 0.250 e. The highest BCUT2D eigenvalue weighted by Crippen LogP contribution is 2.22. The summed E-state index contributed by atoms with van der Waals surface area (Å²) in [5.74, 6) is -0.175. The topological polar surface area (TPSA) is 42.0 Å². The van der Waals surface area contributed by atoms with Crippen LogP contribution in [0.25, 0.3) is 6.08 Å². The molecule has 1 amide bonds. The van der Waals surface area contributed by atoms with Crippen molar-refractivity contribution < 1.29 is 4.79 Å². The third kappa shape index (κ3) is 4.76. The number of carbonyl (C=O) groups excluding carboxylic acids is 1. The normalized spacial score (nSPS) is 11.0.